The van der Waals surface area contributed by atoms with E-state index < -0.39 is 0 Å². The first-order valence-corrected chi connectivity index (χ1v) is 6.03. The second kappa shape index (κ2) is 4.63. The molecule has 12 heavy (non-hydrogen) atoms. The highest BCUT2D eigenvalue weighted by atomic mass is 32.2. The Kier molecular flexibility index (Phi) is 3.76. The van der Waals surface area contributed by atoms with Gasteiger partial charge in [-0.2, -0.15) is 0 Å². The lowest BCUT2D eigenvalue weighted by atomic mass is 10.2. The maximum Gasteiger partial charge on any atom is 0.0211 e. The van der Waals surface area contributed by atoms with Gasteiger partial charge >= 0.3 is 0 Å². The molecule has 0 saturated carbocycles. The standard InChI is InChI=1S/C10H11S2/c1-4-8-5-6-9(11-2)10(7-8)12-3/h1,4-7H,2-3H3. The quantitative estimate of drug-likeness (QED) is 0.676. The van der Waals surface area contributed by atoms with E-state index in [4.69, 9.17) is 6.58 Å². The monoisotopic (exact) mass is 195 g/mol. The molecule has 0 saturated heterocycles. The van der Waals surface area contributed by atoms with E-state index >= 15 is 0 Å². The van der Waals surface area contributed by atoms with Crippen molar-refractivity contribution in [1.82, 2.24) is 0 Å². The number of rotatable bonds is 3. The van der Waals surface area contributed by atoms with Gasteiger partial charge in [-0.15, -0.1) is 23.5 Å². The van der Waals surface area contributed by atoms with Crippen molar-refractivity contribution in [2.75, 3.05) is 12.5 Å². The second-order valence-corrected chi connectivity index (χ2v) is 3.98. The summed E-state index contributed by atoms with van der Waals surface area (Å²) in [5, 5.41) is 0. The Morgan fingerprint density at radius 2 is 1.83 bits per heavy atom. The van der Waals surface area contributed by atoms with Gasteiger partial charge in [-0.3, -0.25) is 0 Å². The van der Waals surface area contributed by atoms with Crippen LogP contribution in [-0.4, -0.2) is 12.5 Å². The fourth-order valence-electron chi connectivity index (χ4n) is 0.956. The van der Waals surface area contributed by atoms with Gasteiger partial charge in [0.1, 0.15) is 0 Å². The molecule has 1 radical (unpaired) electrons. The van der Waals surface area contributed by atoms with Gasteiger partial charge in [-0.1, -0.05) is 18.7 Å². The highest BCUT2D eigenvalue weighted by Crippen LogP contribution is 2.28. The minimum Gasteiger partial charge on any atom is -0.128 e. The lowest BCUT2D eigenvalue weighted by Gasteiger charge is -2.04. The molecule has 1 aromatic rings. The Hall–Kier alpha value is -0.340. The molecule has 0 aliphatic rings. The summed E-state index contributed by atoms with van der Waals surface area (Å²) in [5.74, 6) is 0. The first kappa shape index (κ1) is 9.75. The first-order valence-electron chi connectivity index (χ1n) is 3.58. The lowest BCUT2D eigenvalue weighted by molar-refractivity contribution is 1.25. The van der Waals surface area contributed by atoms with Crippen molar-refractivity contribution in [3.63, 3.8) is 0 Å². The van der Waals surface area contributed by atoms with Crippen LogP contribution in [0.2, 0.25) is 0 Å². The zero-order chi connectivity index (χ0) is 8.97. The molecule has 1 aromatic carbocycles. The molecule has 0 fully saturated rings. The molecule has 0 nitrogen and oxygen atoms in total. The molecule has 0 bridgehead atoms. The largest absolute Gasteiger partial charge is 0.128 e. The smallest absolute Gasteiger partial charge is 0.0211 e. The summed E-state index contributed by atoms with van der Waals surface area (Å²) < 4.78 is 0. The van der Waals surface area contributed by atoms with E-state index in [-0.39, 0.29) is 0 Å². The first-order chi connectivity index (χ1) is 5.81. The summed E-state index contributed by atoms with van der Waals surface area (Å²) in [5.41, 5.74) is 1.08. The minimum absolute atomic E-state index is 1.08. The molecule has 0 heterocycles. The predicted octanol–water partition coefficient (Wildman–Crippen LogP) is 3.58. The number of thioether (sulfide) groups is 2. The van der Waals surface area contributed by atoms with Crippen LogP contribution >= 0.6 is 23.5 Å². The van der Waals surface area contributed by atoms with Crippen molar-refractivity contribution in [2.45, 2.75) is 9.79 Å². The summed E-state index contributed by atoms with van der Waals surface area (Å²) in [4.78, 5) is 2.61. The van der Waals surface area contributed by atoms with Gasteiger partial charge < -0.3 is 0 Å². The molecule has 0 amide bonds. The second-order valence-electron chi connectivity index (χ2n) is 2.28. The average Bonchev–Trinajstić information content (AvgIpc) is 2.16. The molecule has 0 N–H and O–H groups in total. The number of hydrogen-bond acceptors (Lipinski definition) is 2. The molecule has 0 spiro atoms. The molecule has 0 unspecified atom stereocenters. The van der Waals surface area contributed by atoms with Crippen molar-refractivity contribution in [3.8, 4) is 0 Å². The third-order valence-corrected chi connectivity index (χ3v) is 3.30. The van der Waals surface area contributed by atoms with Gasteiger partial charge in [0, 0.05) is 9.79 Å². The zero-order valence-electron chi connectivity index (χ0n) is 7.20. The van der Waals surface area contributed by atoms with Crippen LogP contribution in [0.5, 0.6) is 0 Å². The zero-order valence-corrected chi connectivity index (χ0v) is 8.84. The van der Waals surface area contributed by atoms with Gasteiger partial charge in [-0.25, -0.2) is 0 Å². The molecule has 0 aliphatic heterocycles. The predicted molar refractivity (Wildman–Crippen MR) is 58.8 cm³/mol. The summed E-state index contributed by atoms with van der Waals surface area (Å²) >= 11 is 3.52. The number of hydrogen-bond donors (Lipinski definition) is 0. The van der Waals surface area contributed by atoms with Crippen LogP contribution in [0.1, 0.15) is 5.56 Å². The molecule has 2 heteroatoms. The van der Waals surface area contributed by atoms with E-state index in [1.165, 1.54) is 9.79 Å². The average molecular weight is 195 g/mol. The van der Waals surface area contributed by atoms with Crippen molar-refractivity contribution in [1.29, 1.82) is 0 Å². The molecule has 0 aromatic heterocycles. The SMILES string of the molecule is [CH]=Cc1ccc(SC)c(SC)c1. The summed E-state index contributed by atoms with van der Waals surface area (Å²) in [6, 6.07) is 6.25. The maximum atomic E-state index is 5.42. The third kappa shape index (κ3) is 2.08. The number of benzene rings is 1. The molecular formula is C10H11S2. The Morgan fingerprint density at radius 3 is 2.33 bits per heavy atom. The highest BCUT2D eigenvalue weighted by molar-refractivity contribution is 8.01. The Morgan fingerprint density at radius 1 is 1.17 bits per heavy atom. The molecule has 0 aliphatic carbocycles. The third-order valence-electron chi connectivity index (χ3n) is 1.60. The summed E-state index contributed by atoms with van der Waals surface area (Å²) in [7, 11) is 0. The van der Waals surface area contributed by atoms with Crippen LogP contribution in [0, 0.1) is 6.58 Å². The van der Waals surface area contributed by atoms with Crippen LogP contribution in [0.4, 0.5) is 0 Å². The van der Waals surface area contributed by atoms with Gasteiger partial charge in [-0.05, 0) is 30.2 Å². The van der Waals surface area contributed by atoms with Crippen LogP contribution < -0.4 is 0 Å². The van der Waals surface area contributed by atoms with Crippen molar-refractivity contribution >= 4 is 29.6 Å². The van der Waals surface area contributed by atoms with E-state index in [9.17, 15) is 0 Å². The van der Waals surface area contributed by atoms with Crippen LogP contribution in [0.25, 0.3) is 6.08 Å². The van der Waals surface area contributed by atoms with Crippen LogP contribution in [-0.2, 0) is 0 Å². The Balaban J connectivity index is 3.10. The summed E-state index contributed by atoms with van der Waals surface area (Å²) in [6.07, 6.45) is 5.79. The van der Waals surface area contributed by atoms with Crippen molar-refractivity contribution in [3.05, 3.63) is 30.3 Å². The Labute approximate surface area is 82.4 Å². The molecule has 1 rings (SSSR count). The lowest BCUT2D eigenvalue weighted by Crippen LogP contribution is -1.78. The van der Waals surface area contributed by atoms with E-state index in [0.29, 0.717) is 0 Å². The summed E-state index contributed by atoms with van der Waals surface area (Å²) in [6.45, 7) is 5.42. The fourth-order valence-corrected chi connectivity index (χ4v) is 2.44. The van der Waals surface area contributed by atoms with Crippen molar-refractivity contribution < 1.29 is 0 Å². The normalized spacial score (nSPS) is 9.83. The maximum absolute atomic E-state index is 5.42. The van der Waals surface area contributed by atoms with E-state index in [0.717, 1.165) is 5.56 Å². The minimum atomic E-state index is 1.08. The van der Waals surface area contributed by atoms with E-state index in [1.54, 1.807) is 29.6 Å². The fraction of sp³-hybridized carbons (Fsp3) is 0.200. The topological polar surface area (TPSA) is 0 Å². The van der Waals surface area contributed by atoms with Gasteiger partial charge in [0.05, 0.1) is 0 Å². The van der Waals surface area contributed by atoms with Crippen LogP contribution in [0.3, 0.4) is 0 Å². The van der Waals surface area contributed by atoms with E-state index in [1.807, 2.05) is 6.07 Å². The van der Waals surface area contributed by atoms with Crippen molar-refractivity contribution in [2.24, 2.45) is 0 Å². The molecular weight excluding hydrogens is 184 g/mol. The molecule has 63 valence electrons. The van der Waals surface area contributed by atoms with Gasteiger partial charge in [0.15, 0.2) is 0 Å². The highest BCUT2D eigenvalue weighted by Gasteiger charge is 1.99. The van der Waals surface area contributed by atoms with E-state index in [2.05, 4.69) is 24.6 Å². The Bertz CT molecular complexity index is 279. The van der Waals surface area contributed by atoms with Crippen LogP contribution in [0.15, 0.2) is 28.0 Å². The van der Waals surface area contributed by atoms with Gasteiger partial charge in [0.25, 0.3) is 0 Å². The molecule has 0 atom stereocenters. The van der Waals surface area contributed by atoms with Gasteiger partial charge in [0.2, 0.25) is 0 Å².